The molecule has 0 spiro atoms. The Morgan fingerprint density at radius 2 is 2.04 bits per heavy atom. The topological polar surface area (TPSA) is 84.9 Å². The molecule has 146 valence electrons. The van der Waals surface area contributed by atoms with Gasteiger partial charge in [0.25, 0.3) is 0 Å². The number of esters is 1. The predicted octanol–water partition coefficient (Wildman–Crippen LogP) is 2.17. The fourth-order valence-corrected chi connectivity index (χ4v) is 3.44. The van der Waals surface area contributed by atoms with Gasteiger partial charge in [0.05, 0.1) is 5.56 Å². The number of carbonyl (C=O) groups is 3. The van der Waals surface area contributed by atoms with Gasteiger partial charge in [-0.3, -0.25) is 14.5 Å². The van der Waals surface area contributed by atoms with Crippen LogP contribution in [-0.4, -0.2) is 48.5 Å². The predicted molar refractivity (Wildman–Crippen MR) is 97.8 cm³/mol. The van der Waals surface area contributed by atoms with E-state index in [9.17, 15) is 14.4 Å². The van der Waals surface area contributed by atoms with Gasteiger partial charge < -0.3 is 14.8 Å². The first-order valence-corrected chi connectivity index (χ1v) is 9.60. The summed E-state index contributed by atoms with van der Waals surface area (Å²) in [6, 6.07) is 6.36. The van der Waals surface area contributed by atoms with Crippen molar-refractivity contribution in [3.05, 3.63) is 35.4 Å². The summed E-state index contributed by atoms with van der Waals surface area (Å²) in [5.74, 6) is -0.846. The fourth-order valence-electron chi connectivity index (χ4n) is 3.44. The molecule has 0 unspecified atom stereocenters. The van der Waals surface area contributed by atoms with Gasteiger partial charge in [-0.1, -0.05) is 31.5 Å². The van der Waals surface area contributed by atoms with Gasteiger partial charge in [0.2, 0.25) is 18.0 Å². The lowest BCUT2D eigenvalue weighted by Crippen LogP contribution is -2.46. The molecule has 0 aliphatic carbocycles. The molecular formula is C20H26N2O5. The molecule has 1 fully saturated rings. The molecule has 1 saturated heterocycles. The van der Waals surface area contributed by atoms with Crippen LogP contribution in [0.4, 0.5) is 0 Å². The first-order chi connectivity index (χ1) is 13.1. The Labute approximate surface area is 159 Å². The summed E-state index contributed by atoms with van der Waals surface area (Å²) in [7, 11) is 0. The van der Waals surface area contributed by atoms with Gasteiger partial charge >= 0.3 is 5.97 Å². The highest BCUT2D eigenvalue weighted by molar-refractivity contribution is 5.96. The second kappa shape index (κ2) is 8.99. The summed E-state index contributed by atoms with van der Waals surface area (Å²) in [5, 5.41) is 2.87. The van der Waals surface area contributed by atoms with Crippen LogP contribution in [0.25, 0.3) is 0 Å². The Balaban J connectivity index is 1.57. The molecule has 2 heterocycles. The van der Waals surface area contributed by atoms with E-state index in [0.717, 1.165) is 25.9 Å². The third kappa shape index (κ3) is 4.30. The van der Waals surface area contributed by atoms with Crippen LogP contribution >= 0.6 is 0 Å². The van der Waals surface area contributed by atoms with Crippen molar-refractivity contribution in [3.63, 3.8) is 0 Å². The average Bonchev–Trinajstić information content (AvgIpc) is 3.21. The third-order valence-corrected chi connectivity index (χ3v) is 4.88. The van der Waals surface area contributed by atoms with Crippen LogP contribution in [0.2, 0.25) is 0 Å². The van der Waals surface area contributed by atoms with Crippen molar-refractivity contribution in [1.29, 1.82) is 0 Å². The minimum atomic E-state index is -0.822. The van der Waals surface area contributed by atoms with Gasteiger partial charge in [-0.15, -0.1) is 0 Å². The lowest BCUT2D eigenvalue weighted by atomic mass is 10.1. The molecule has 1 aromatic rings. The lowest BCUT2D eigenvalue weighted by Gasteiger charge is -2.29. The number of ether oxygens (including phenoxy) is 2. The van der Waals surface area contributed by atoms with Gasteiger partial charge in [-0.25, -0.2) is 4.79 Å². The Kier molecular flexibility index (Phi) is 6.45. The molecule has 27 heavy (non-hydrogen) atoms. The number of cyclic esters (lactones) is 1. The minimum Gasteiger partial charge on any atom is -0.433 e. The number of hydrogen-bond acceptors (Lipinski definition) is 5. The maximum absolute atomic E-state index is 12.6. The van der Waals surface area contributed by atoms with Gasteiger partial charge in [0.1, 0.15) is 6.04 Å². The Morgan fingerprint density at radius 1 is 1.26 bits per heavy atom. The number of nitrogens with zero attached hydrogens (tertiary/aromatic N) is 1. The molecular weight excluding hydrogens is 348 g/mol. The van der Waals surface area contributed by atoms with Crippen molar-refractivity contribution < 1.29 is 23.9 Å². The Morgan fingerprint density at radius 3 is 2.85 bits per heavy atom. The zero-order valence-corrected chi connectivity index (χ0v) is 15.6. The summed E-state index contributed by atoms with van der Waals surface area (Å²) >= 11 is 0. The SMILES string of the molecule is CCCCOCCCNC(=O)[C@H]1CCC(=O)N1[C@@H]1OC(=O)c2ccccc21. The Hall–Kier alpha value is -2.41. The molecule has 0 saturated carbocycles. The molecule has 7 heteroatoms. The van der Waals surface area contributed by atoms with E-state index >= 15 is 0 Å². The second-order valence-corrected chi connectivity index (χ2v) is 6.81. The molecule has 3 rings (SSSR count). The number of rotatable bonds is 9. The normalized spacial score (nSPS) is 21.3. The lowest BCUT2D eigenvalue weighted by molar-refractivity contribution is -0.145. The van der Waals surface area contributed by atoms with Crippen LogP contribution in [0.1, 0.15) is 61.2 Å². The molecule has 7 nitrogen and oxygen atoms in total. The number of carbonyl (C=O) groups excluding carboxylic acids is 3. The quantitative estimate of drug-likeness (QED) is 0.529. The standard InChI is InChI=1S/C20H26N2O5/c1-2-3-12-26-13-6-11-21-18(24)16-9-10-17(23)22(16)19-14-7-4-5-8-15(14)20(25)27-19/h4-5,7-8,16,19H,2-3,6,9-13H2,1H3,(H,21,24)/t16-,19-/m1/s1. The van der Waals surface area contributed by atoms with E-state index in [-0.39, 0.29) is 18.2 Å². The van der Waals surface area contributed by atoms with Crippen LogP contribution in [0, 0.1) is 0 Å². The Bertz CT molecular complexity index is 705. The van der Waals surface area contributed by atoms with Crippen molar-refractivity contribution in [2.24, 2.45) is 0 Å². The summed E-state index contributed by atoms with van der Waals surface area (Å²) in [6.45, 7) is 3.94. The van der Waals surface area contributed by atoms with E-state index in [2.05, 4.69) is 12.2 Å². The van der Waals surface area contributed by atoms with Crippen molar-refractivity contribution >= 4 is 17.8 Å². The molecule has 0 bridgehead atoms. The van der Waals surface area contributed by atoms with E-state index in [4.69, 9.17) is 9.47 Å². The fraction of sp³-hybridized carbons (Fsp3) is 0.550. The van der Waals surface area contributed by atoms with Gasteiger partial charge in [0, 0.05) is 31.7 Å². The number of fused-ring (bicyclic) bond motifs is 1. The maximum atomic E-state index is 12.6. The molecule has 0 radical (unpaired) electrons. The highest BCUT2D eigenvalue weighted by Crippen LogP contribution is 2.38. The zero-order chi connectivity index (χ0) is 19.2. The number of likely N-dealkylation sites (tertiary alicyclic amines) is 1. The minimum absolute atomic E-state index is 0.174. The number of hydrogen-bond donors (Lipinski definition) is 1. The van der Waals surface area contributed by atoms with Crippen LogP contribution < -0.4 is 5.32 Å². The van der Waals surface area contributed by atoms with E-state index in [1.807, 2.05) is 0 Å². The first-order valence-electron chi connectivity index (χ1n) is 9.60. The van der Waals surface area contributed by atoms with Crippen molar-refractivity contribution in [2.45, 2.75) is 51.3 Å². The number of nitrogens with one attached hydrogen (secondary N) is 1. The van der Waals surface area contributed by atoms with E-state index in [1.54, 1.807) is 24.3 Å². The molecule has 2 aliphatic rings. The van der Waals surface area contributed by atoms with Crippen LogP contribution in [-0.2, 0) is 19.1 Å². The molecule has 2 aliphatic heterocycles. The van der Waals surface area contributed by atoms with Crippen molar-refractivity contribution in [2.75, 3.05) is 19.8 Å². The highest BCUT2D eigenvalue weighted by atomic mass is 16.6. The van der Waals surface area contributed by atoms with E-state index in [0.29, 0.717) is 30.7 Å². The first kappa shape index (κ1) is 19.4. The summed E-state index contributed by atoms with van der Waals surface area (Å²) < 4.78 is 10.9. The molecule has 0 aromatic heterocycles. The zero-order valence-electron chi connectivity index (χ0n) is 15.6. The van der Waals surface area contributed by atoms with Crippen molar-refractivity contribution in [1.82, 2.24) is 10.2 Å². The van der Waals surface area contributed by atoms with Gasteiger partial charge in [-0.2, -0.15) is 0 Å². The van der Waals surface area contributed by atoms with Crippen LogP contribution in [0.15, 0.2) is 24.3 Å². The van der Waals surface area contributed by atoms with Crippen LogP contribution in [0.3, 0.4) is 0 Å². The number of unbranched alkanes of at least 4 members (excludes halogenated alkanes) is 1. The van der Waals surface area contributed by atoms with E-state index in [1.165, 1.54) is 4.90 Å². The van der Waals surface area contributed by atoms with E-state index < -0.39 is 18.2 Å². The molecule has 2 amide bonds. The van der Waals surface area contributed by atoms with Crippen LogP contribution in [0.5, 0.6) is 0 Å². The maximum Gasteiger partial charge on any atom is 0.340 e. The molecule has 1 aromatic carbocycles. The molecule has 2 atom stereocenters. The third-order valence-electron chi connectivity index (χ3n) is 4.88. The largest absolute Gasteiger partial charge is 0.433 e. The highest BCUT2D eigenvalue weighted by Gasteiger charge is 2.46. The second-order valence-electron chi connectivity index (χ2n) is 6.81. The van der Waals surface area contributed by atoms with Gasteiger partial charge in [0.15, 0.2) is 0 Å². The summed E-state index contributed by atoms with van der Waals surface area (Å²) in [5.41, 5.74) is 1.09. The number of benzene rings is 1. The number of amides is 2. The van der Waals surface area contributed by atoms with Gasteiger partial charge in [-0.05, 0) is 25.3 Å². The van der Waals surface area contributed by atoms with Crippen molar-refractivity contribution in [3.8, 4) is 0 Å². The summed E-state index contributed by atoms with van der Waals surface area (Å²) in [4.78, 5) is 38.5. The average molecular weight is 374 g/mol. The summed E-state index contributed by atoms with van der Waals surface area (Å²) in [6.07, 6.45) is 2.72. The smallest absolute Gasteiger partial charge is 0.340 e. The molecule has 1 N–H and O–H groups in total. The monoisotopic (exact) mass is 374 g/mol.